The van der Waals surface area contributed by atoms with E-state index in [0.29, 0.717) is 12.4 Å². The highest BCUT2D eigenvalue weighted by atomic mass is 32.2. The van der Waals surface area contributed by atoms with E-state index in [1.165, 1.54) is 0 Å². The first-order valence-electron chi connectivity index (χ1n) is 7.36. The van der Waals surface area contributed by atoms with Gasteiger partial charge in [-0.05, 0) is 24.8 Å². The maximum atomic E-state index is 12.3. The Morgan fingerprint density at radius 3 is 2.87 bits per heavy atom. The molecule has 9 heteroatoms. The molecule has 4 atom stereocenters. The molecular formula is C14H20N2O5S2. The molecule has 0 bridgehead atoms. The van der Waals surface area contributed by atoms with Crippen molar-refractivity contribution in [2.45, 2.75) is 30.4 Å². The average Bonchev–Trinajstić information content (AvgIpc) is 3.09. The molecule has 2 aliphatic rings. The maximum absolute atomic E-state index is 12.3. The predicted octanol–water partition coefficient (Wildman–Crippen LogP) is 0.578. The van der Waals surface area contributed by atoms with Crippen LogP contribution in [0.15, 0.2) is 16.5 Å². The van der Waals surface area contributed by atoms with Crippen molar-refractivity contribution in [1.29, 1.82) is 0 Å². The summed E-state index contributed by atoms with van der Waals surface area (Å²) in [5.74, 6) is 1.50. The molecule has 1 saturated carbocycles. The van der Waals surface area contributed by atoms with Gasteiger partial charge in [0.25, 0.3) is 5.91 Å². The Morgan fingerprint density at radius 2 is 2.17 bits per heavy atom. The Morgan fingerprint density at radius 1 is 1.39 bits per heavy atom. The second-order valence-corrected chi connectivity index (χ2v) is 8.55. The van der Waals surface area contributed by atoms with Crippen molar-refractivity contribution < 1.29 is 22.4 Å². The largest absolute Gasteiger partial charge is 0.455 e. The molecule has 2 N–H and O–H groups in total. The minimum atomic E-state index is -3.37. The monoisotopic (exact) mass is 360 g/mol. The molecule has 1 aliphatic heterocycles. The van der Waals surface area contributed by atoms with Crippen LogP contribution in [0.4, 0.5) is 0 Å². The van der Waals surface area contributed by atoms with E-state index in [4.69, 9.17) is 9.15 Å². The molecule has 1 aliphatic carbocycles. The van der Waals surface area contributed by atoms with Gasteiger partial charge < -0.3 is 14.5 Å². The molecule has 128 valence electrons. The van der Waals surface area contributed by atoms with Crippen LogP contribution >= 0.6 is 11.8 Å². The van der Waals surface area contributed by atoms with Crippen molar-refractivity contribution >= 4 is 27.7 Å². The molecule has 1 aromatic rings. The van der Waals surface area contributed by atoms with Crippen molar-refractivity contribution in [3.63, 3.8) is 0 Å². The van der Waals surface area contributed by atoms with Gasteiger partial charge in [-0.25, -0.2) is 13.1 Å². The van der Waals surface area contributed by atoms with E-state index in [0.717, 1.165) is 18.4 Å². The summed E-state index contributed by atoms with van der Waals surface area (Å²) in [6.45, 7) is 0.586. The molecule has 0 unspecified atom stereocenters. The number of sulfonamides is 1. The first-order chi connectivity index (χ1) is 10.9. The molecule has 0 spiro atoms. The fourth-order valence-corrected chi connectivity index (χ4v) is 4.45. The zero-order valence-corrected chi connectivity index (χ0v) is 14.6. The lowest BCUT2D eigenvalue weighted by Gasteiger charge is -2.47. The zero-order valence-electron chi connectivity index (χ0n) is 12.9. The number of hydrogen-bond acceptors (Lipinski definition) is 6. The van der Waals surface area contributed by atoms with Crippen LogP contribution in [0.2, 0.25) is 0 Å². The number of nitrogens with one attached hydrogen (secondary N) is 2. The standard InChI is InChI=1S/C14H20N2O5S2/c1-22-7-8-3-4-10(21-8)14(17)15-11-9-5-6-20-13(9)12(11)16-23(2,18)19/h3-4,9,11-13,16H,5-7H2,1-2H3,(H,15,17)/t9-,11+,12-,13-/m1/s1. The molecule has 7 nitrogen and oxygen atoms in total. The molecule has 0 radical (unpaired) electrons. The van der Waals surface area contributed by atoms with Gasteiger partial charge in [0.2, 0.25) is 10.0 Å². The van der Waals surface area contributed by atoms with E-state index >= 15 is 0 Å². The van der Waals surface area contributed by atoms with Crippen LogP contribution in [-0.4, -0.2) is 51.6 Å². The zero-order chi connectivity index (χ0) is 16.6. The molecule has 1 aromatic heterocycles. The minimum absolute atomic E-state index is 0.138. The molecule has 1 saturated heterocycles. The highest BCUT2D eigenvalue weighted by Gasteiger charge is 2.55. The van der Waals surface area contributed by atoms with Crippen LogP contribution in [0, 0.1) is 5.92 Å². The lowest BCUT2D eigenvalue weighted by molar-refractivity contribution is -0.0196. The van der Waals surface area contributed by atoms with Gasteiger partial charge in [-0.2, -0.15) is 11.8 Å². The summed E-state index contributed by atoms with van der Waals surface area (Å²) in [5, 5.41) is 2.89. The highest BCUT2D eigenvalue weighted by Crippen LogP contribution is 2.39. The molecule has 1 amide bonds. The van der Waals surface area contributed by atoms with Gasteiger partial charge >= 0.3 is 0 Å². The van der Waals surface area contributed by atoms with Crippen molar-refractivity contribution in [1.82, 2.24) is 10.0 Å². The summed E-state index contributed by atoms with van der Waals surface area (Å²) in [7, 11) is -3.37. The quantitative estimate of drug-likeness (QED) is 0.770. The Hall–Kier alpha value is -1.03. The van der Waals surface area contributed by atoms with Crippen LogP contribution < -0.4 is 10.0 Å². The lowest BCUT2D eigenvalue weighted by Crippen LogP contribution is -2.70. The summed E-state index contributed by atoms with van der Waals surface area (Å²) in [6, 6.07) is 2.71. The molecule has 23 heavy (non-hydrogen) atoms. The number of carbonyl (C=O) groups excluding carboxylic acids is 1. The molecule has 3 rings (SSSR count). The van der Waals surface area contributed by atoms with E-state index in [9.17, 15) is 13.2 Å². The maximum Gasteiger partial charge on any atom is 0.287 e. The SMILES string of the molecule is CSCc1ccc(C(=O)N[C@H]2[C@H]3CCO[C@H]3[C@@H]2NS(C)(=O)=O)o1. The third-order valence-corrected chi connectivity index (χ3v) is 5.48. The fourth-order valence-electron chi connectivity index (χ4n) is 3.23. The summed E-state index contributed by atoms with van der Waals surface area (Å²) in [6.07, 6.45) is 3.71. The van der Waals surface area contributed by atoms with Crippen LogP contribution in [0.5, 0.6) is 0 Å². The average molecular weight is 360 g/mol. The van der Waals surface area contributed by atoms with Crippen molar-refractivity contribution in [2.24, 2.45) is 5.92 Å². The normalized spacial score (nSPS) is 29.8. The van der Waals surface area contributed by atoms with Crippen LogP contribution in [-0.2, 0) is 20.5 Å². The number of rotatable bonds is 6. The number of carbonyl (C=O) groups is 1. The first-order valence-corrected chi connectivity index (χ1v) is 10.6. The van der Waals surface area contributed by atoms with Crippen molar-refractivity contribution in [3.05, 3.63) is 23.7 Å². The van der Waals surface area contributed by atoms with Gasteiger partial charge in [0, 0.05) is 12.5 Å². The number of ether oxygens (including phenoxy) is 1. The minimum Gasteiger partial charge on any atom is -0.455 e. The number of hydrogen-bond donors (Lipinski definition) is 2. The summed E-state index contributed by atoms with van der Waals surface area (Å²) in [5.41, 5.74) is 0. The topological polar surface area (TPSA) is 97.6 Å². The predicted molar refractivity (Wildman–Crippen MR) is 86.8 cm³/mol. The summed E-state index contributed by atoms with van der Waals surface area (Å²) >= 11 is 1.61. The van der Waals surface area contributed by atoms with Gasteiger partial charge in [-0.1, -0.05) is 0 Å². The summed E-state index contributed by atoms with van der Waals surface area (Å²) < 4.78 is 36.6. The second kappa shape index (κ2) is 6.46. The van der Waals surface area contributed by atoms with Gasteiger partial charge in [0.15, 0.2) is 5.76 Å². The van der Waals surface area contributed by atoms with Gasteiger partial charge in [0.1, 0.15) is 5.76 Å². The fraction of sp³-hybridized carbons (Fsp3) is 0.643. The van der Waals surface area contributed by atoms with Crippen LogP contribution in [0.25, 0.3) is 0 Å². The number of furan rings is 1. The van der Waals surface area contributed by atoms with E-state index < -0.39 is 16.1 Å². The van der Waals surface area contributed by atoms with E-state index in [2.05, 4.69) is 10.0 Å². The highest BCUT2D eigenvalue weighted by molar-refractivity contribution is 7.97. The van der Waals surface area contributed by atoms with Crippen LogP contribution in [0.3, 0.4) is 0 Å². The van der Waals surface area contributed by atoms with Crippen molar-refractivity contribution in [2.75, 3.05) is 19.1 Å². The van der Waals surface area contributed by atoms with E-state index in [1.54, 1.807) is 23.9 Å². The smallest absolute Gasteiger partial charge is 0.287 e. The molecule has 0 aromatic carbocycles. The second-order valence-electron chi connectivity index (χ2n) is 5.90. The first kappa shape index (κ1) is 16.8. The molecular weight excluding hydrogens is 340 g/mol. The van der Waals surface area contributed by atoms with Crippen LogP contribution in [0.1, 0.15) is 22.7 Å². The molecule has 2 fully saturated rings. The van der Waals surface area contributed by atoms with Gasteiger partial charge in [0.05, 0.1) is 30.2 Å². The van der Waals surface area contributed by atoms with Gasteiger partial charge in [-0.3, -0.25) is 4.79 Å². The third kappa shape index (κ3) is 3.57. The number of fused-ring (bicyclic) bond motifs is 1. The van der Waals surface area contributed by atoms with E-state index in [1.807, 2.05) is 6.26 Å². The Bertz CT molecular complexity index is 687. The molecule has 2 heterocycles. The Kier molecular flexibility index (Phi) is 4.73. The number of thioether (sulfide) groups is 1. The lowest BCUT2D eigenvalue weighted by atomic mass is 9.72. The van der Waals surface area contributed by atoms with E-state index in [-0.39, 0.29) is 29.7 Å². The van der Waals surface area contributed by atoms with Crippen molar-refractivity contribution in [3.8, 4) is 0 Å². The number of amides is 1. The Balaban J connectivity index is 1.68. The summed E-state index contributed by atoms with van der Waals surface area (Å²) in [4.78, 5) is 12.3. The Labute approximate surface area is 139 Å². The third-order valence-electron chi connectivity index (χ3n) is 4.21. The van der Waals surface area contributed by atoms with Gasteiger partial charge in [-0.15, -0.1) is 0 Å².